The number of aliphatic hydroxyl groups excluding tert-OH is 2. The van der Waals surface area contributed by atoms with Gasteiger partial charge in [-0.05, 0) is 42.0 Å². The van der Waals surface area contributed by atoms with E-state index >= 15 is 0 Å². The average Bonchev–Trinajstić information content (AvgIpc) is 3.45. The fourth-order valence-corrected chi connectivity index (χ4v) is 5.39. The molecule has 0 spiro atoms. The zero-order valence-corrected chi connectivity index (χ0v) is 20.7. The molecule has 0 aliphatic heterocycles. The second kappa shape index (κ2) is 10.6. The van der Waals surface area contributed by atoms with Crippen molar-refractivity contribution in [3.05, 3.63) is 69.0 Å². The molecule has 0 saturated heterocycles. The summed E-state index contributed by atoms with van der Waals surface area (Å²) in [5, 5.41) is 25.9. The molecular formula is C21H22ClN5O6S2. The monoisotopic (exact) mass is 539 g/mol. The highest BCUT2D eigenvalue weighted by atomic mass is 35.5. The van der Waals surface area contributed by atoms with Crippen molar-refractivity contribution in [3.63, 3.8) is 0 Å². The van der Waals surface area contributed by atoms with Crippen LogP contribution in [-0.2, 0) is 14.5 Å². The smallest absolute Gasteiger partial charge is 0.335 e. The molecule has 14 heteroatoms. The molecule has 11 nitrogen and oxygen atoms in total. The van der Waals surface area contributed by atoms with Gasteiger partial charge in [-0.3, -0.25) is 8.98 Å². The summed E-state index contributed by atoms with van der Waals surface area (Å²) in [4.78, 5) is 25.8. The first-order chi connectivity index (χ1) is 16.7. The van der Waals surface area contributed by atoms with E-state index in [-0.39, 0.29) is 35.2 Å². The molecular weight excluding hydrogens is 518 g/mol. The van der Waals surface area contributed by atoms with Crippen LogP contribution in [0, 0.1) is 0 Å². The van der Waals surface area contributed by atoms with Crippen LogP contribution in [0.25, 0.3) is 0 Å². The lowest BCUT2D eigenvalue weighted by molar-refractivity contribution is 0.0636. The van der Waals surface area contributed by atoms with Gasteiger partial charge < -0.3 is 15.5 Å². The van der Waals surface area contributed by atoms with Gasteiger partial charge in [-0.2, -0.15) is 13.1 Å². The van der Waals surface area contributed by atoms with Crippen molar-refractivity contribution in [2.45, 2.75) is 37.2 Å². The Morgan fingerprint density at radius 3 is 2.89 bits per heavy atom. The molecule has 1 saturated carbocycles. The molecule has 3 aromatic heterocycles. The topological polar surface area (TPSA) is 164 Å². The molecule has 0 bridgehead atoms. The van der Waals surface area contributed by atoms with Crippen LogP contribution < -0.4 is 10.0 Å². The van der Waals surface area contributed by atoms with Gasteiger partial charge in [-0.15, -0.1) is 11.3 Å². The molecule has 1 aliphatic carbocycles. The number of rotatable bonds is 9. The van der Waals surface area contributed by atoms with Crippen LogP contribution in [0.4, 0.5) is 5.82 Å². The summed E-state index contributed by atoms with van der Waals surface area (Å²) < 4.78 is 30.4. The van der Waals surface area contributed by atoms with E-state index in [9.17, 15) is 23.4 Å². The molecule has 3 heterocycles. The number of anilines is 1. The first-order valence-electron chi connectivity index (χ1n) is 10.5. The van der Waals surface area contributed by atoms with E-state index in [1.165, 1.54) is 19.6 Å². The predicted octanol–water partition coefficient (Wildman–Crippen LogP) is 1.68. The van der Waals surface area contributed by atoms with E-state index in [1.807, 2.05) is 4.72 Å². The van der Waals surface area contributed by atoms with Gasteiger partial charge in [0.15, 0.2) is 0 Å². The van der Waals surface area contributed by atoms with Crippen molar-refractivity contribution < 1.29 is 27.6 Å². The van der Waals surface area contributed by atoms with Crippen molar-refractivity contribution in [1.29, 1.82) is 0 Å². The van der Waals surface area contributed by atoms with Crippen LogP contribution in [0.2, 0.25) is 5.15 Å². The zero-order valence-electron chi connectivity index (χ0n) is 18.3. The highest BCUT2D eigenvalue weighted by Crippen LogP contribution is 2.30. The largest absolute Gasteiger partial charge is 0.390 e. The molecule has 0 unspecified atom stereocenters. The van der Waals surface area contributed by atoms with Crippen LogP contribution in [0.15, 0.2) is 42.2 Å². The van der Waals surface area contributed by atoms with Gasteiger partial charge in [0.25, 0.3) is 0 Å². The number of nitrogens with zero attached hydrogens (tertiary/aromatic N) is 3. The number of halogens is 1. The van der Waals surface area contributed by atoms with Gasteiger partial charge >= 0.3 is 10.3 Å². The van der Waals surface area contributed by atoms with E-state index in [0.29, 0.717) is 16.1 Å². The number of hydrogen-bond donors (Lipinski definition) is 4. The quantitative estimate of drug-likeness (QED) is 0.232. The summed E-state index contributed by atoms with van der Waals surface area (Å²) in [6, 6.07) is 6.09. The van der Waals surface area contributed by atoms with E-state index < -0.39 is 34.7 Å². The van der Waals surface area contributed by atoms with Gasteiger partial charge in [0, 0.05) is 19.3 Å². The van der Waals surface area contributed by atoms with E-state index in [2.05, 4.69) is 20.3 Å². The molecule has 0 amide bonds. The number of hydrogen-bond acceptors (Lipinski definition) is 11. The fraction of sp³-hybridized carbons (Fsp3) is 0.333. The standard InChI is InChI=1S/C21H22ClN5O6S2/c1-23-35(31,32)33-16-7-12(6-15(16)28)26-21-13(8-24-10-25-21)20(30)17-5-11(9-34-17)19(29)14-3-2-4-18(22)27-14/h2-5,8-10,12,15-16,19,23,28-29H,6-7H2,1H3,(H,24,25,26)/t12-,15+,16-,19-/m1/s1. The average molecular weight is 540 g/mol. The Balaban J connectivity index is 1.49. The van der Waals surface area contributed by atoms with Gasteiger partial charge in [-0.25, -0.2) is 15.0 Å². The number of aromatic nitrogens is 3. The molecule has 3 aromatic rings. The number of nitrogens with one attached hydrogen (secondary N) is 2. The molecule has 0 aromatic carbocycles. The SMILES string of the molecule is CNS(=O)(=O)O[C@@H]1C[C@H](Nc2ncncc2C(=O)c2cc([C@@H](O)c3cccc(Cl)n3)cs2)C[C@@H]1O. The Hall–Kier alpha value is -2.52. The van der Waals surface area contributed by atoms with Crippen molar-refractivity contribution >= 4 is 44.8 Å². The number of aliphatic hydroxyl groups is 2. The maximum absolute atomic E-state index is 13.2. The van der Waals surface area contributed by atoms with E-state index in [1.54, 1.807) is 29.6 Å². The zero-order chi connectivity index (χ0) is 25.2. The highest BCUT2D eigenvalue weighted by molar-refractivity contribution is 7.84. The van der Waals surface area contributed by atoms with Gasteiger partial charge in [0.1, 0.15) is 29.5 Å². The summed E-state index contributed by atoms with van der Waals surface area (Å²) >= 11 is 7.06. The lowest BCUT2D eigenvalue weighted by Gasteiger charge is -2.15. The van der Waals surface area contributed by atoms with Gasteiger partial charge in [0.2, 0.25) is 5.78 Å². The Kier molecular flexibility index (Phi) is 7.76. The number of carbonyl (C=O) groups excluding carboxylic acids is 1. The Morgan fingerprint density at radius 1 is 1.34 bits per heavy atom. The first kappa shape index (κ1) is 25.6. The van der Waals surface area contributed by atoms with Crippen LogP contribution in [0.3, 0.4) is 0 Å². The maximum atomic E-state index is 13.2. The fourth-order valence-electron chi connectivity index (χ4n) is 3.71. The summed E-state index contributed by atoms with van der Waals surface area (Å²) in [6.45, 7) is 0. The minimum Gasteiger partial charge on any atom is -0.390 e. The normalized spacial score (nSPS) is 21.1. The summed E-state index contributed by atoms with van der Waals surface area (Å²) in [5.41, 5.74) is 1.04. The lowest BCUT2D eigenvalue weighted by atomic mass is 10.1. The van der Waals surface area contributed by atoms with Crippen molar-refractivity contribution in [2.24, 2.45) is 0 Å². The minimum absolute atomic E-state index is 0.182. The molecule has 35 heavy (non-hydrogen) atoms. The minimum atomic E-state index is -3.97. The maximum Gasteiger partial charge on any atom is 0.335 e. The Bertz CT molecular complexity index is 1320. The third-order valence-electron chi connectivity index (χ3n) is 5.45. The van der Waals surface area contributed by atoms with Crippen LogP contribution in [0.1, 0.15) is 45.4 Å². The van der Waals surface area contributed by atoms with Crippen LogP contribution >= 0.6 is 22.9 Å². The number of ketones is 1. The van der Waals surface area contributed by atoms with Crippen LogP contribution in [-0.4, -0.2) is 64.7 Å². The molecule has 4 N–H and O–H groups in total. The lowest BCUT2D eigenvalue weighted by Crippen LogP contribution is -2.31. The number of pyridine rings is 1. The van der Waals surface area contributed by atoms with Gasteiger partial charge in [0.05, 0.1) is 22.2 Å². The highest BCUT2D eigenvalue weighted by Gasteiger charge is 2.37. The van der Waals surface area contributed by atoms with Crippen LogP contribution in [0.5, 0.6) is 0 Å². The van der Waals surface area contributed by atoms with Gasteiger partial charge in [-0.1, -0.05) is 17.7 Å². The number of thiophene rings is 1. The molecule has 1 fully saturated rings. The summed E-state index contributed by atoms with van der Waals surface area (Å²) in [7, 11) is -2.75. The molecule has 186 valence electrons. The second-order valence-corrected chi connectivity index (χ2v) is 10.6. The van der Waals surface area contributed by atoms with E-state index in [0.717, 1.165) is 11.3 Å². The third-order valence-corrected chi connectivity index (χ3v) is 7.60. The predicted molar refractivity (Wildman–Crippen MR) is 129 cm³/mol. The third kappa shape index (κ3) is 6.01. The number of carbonyl (C=O) groups is 1. The van der Waals surface area contributed by atoms with E-state index in [4.69, 9.17) is 15.8 Å². The molecule has 1 aliphatic rings. The molecule has 0 radical (unpaired) electrons. The van der Waals surface area contributed by atoms with Crippen molar-refractivity contribution in [2.75, 3.05) is 12.4 Å². The molecule has 4 rings (SSSR count). The second-order valence-electron chi connectivity index (χ2n) is 7.82. The Labute approximate surface area is 210 Å². The molecule has 4 atom stereocenters. The van der Waals surface area contributed by atoms with Crippen molar-refractivity contribution in [3.8, 4) is 0 Å². The summed E-state index contributed by atoms with van der Waals surface area (Å²) in [6.07, 6.45) is 0.0211. The summed E-state index contributed by atoms with van der Waals surface area (Å²) in [5.74, 6) is -0.119. The Morgan fingerprint density at radius 2 is 2.14 bits per heavy atom. The first-order valence-corrected chi connectivity index (χ1v) is 13.1. The van der Waals surface area contributed by atoms with Crippen molar-refractivity contribution in [1.82, 2.24) is 19.7 Å².